The molecule has 6 heteroatoms. The highest BCUT2D eigenvalue weighted by Gasteiger charge is 2.23. The highest BCUT2D eigenvalue weighted by molar-refractivity contribution is 6.42. The molecule has 0 aliphatic heterocycles. The SMILES string of the molecule is COc1cccc(NC(C(=O)O)c2cccc(Cl)c2Cl)c1. The molecule has 0 aromatic heterocycles. The molecule has 0 bridgehead atoms. The Hall–Kier alpha value is -1.91. The molecule has 0 aliphatic carbocycles. The van der Waals surface area contributed by atoms with Gasteiger partial charge in [0, 0.05) is 17.3 Å². The van der Waals surface area contributed by atoms with Gasteiger partial charge in [0.2, 0.25) is 0 Å². The van der Waals surface area contributed by atoms with Crippen molar-refractivity contribution in [1.29, 1.82) is 0 Å². The van der Waals surface area contributed by atoms with Crippen LogP contribution in [0.5, 0.6) is 5.75 Å². The van der Waals surface area contributed by atoms with Crippen molar-refractivity contribution in [1.82, 2.24) is 0 Å². The fraction of sp³-hybridized carbons (Fsp3) is 0.133. The molecular formula is C15H13Cl2NO3. The first kappa shape index (κ1) is 15.5. The summed E-state index contributed by atoms with van der Waals surface area (Å²) in [6, 6.07) is 10.9. The second-order valence-electron chi connectivity index (χ2n) is 4.29. The molecule has 1 unspecified atom stereocenters. The van der Waals surface area contributed by atoms with Crippen LogP contribution in [-0.4, -0.2) is 18.2 Å². The molecule has 0 radical (unpaired) electrons. The van der Waals surface area contributed by atoms with Crippen molar-refractivity contribution in [2.45, 2.75) is 6.04 Å². The number of ether oxygens (including phenoxy) is 1. The molecule has 0 amide bonds. The van der Waals surface area contributed by atoms with Gasteiger partial charge in [-0.3, -0.25) is 0 Å². The van der Waals surface area contributed by atoms with E-state index in [2.05, 4.69) is 5.32 Å². The predicted molar refractivity (Wildman–Crippen MR) is 83.5 cm³/mol. The number of benzene rings is 2. The maximum atomic E-state index is 11.5. The van der Waals surface area contributed by atoms with Crippen LogP contribution in [0, 0.1) is 0 Å². The fourth-order valence-electron chi connectivity index (χ4n) is 1.90. The van der Waals surface area contributed by atoms with Crippen LogP contribution >= 0.6 is 23.2 Å². The number of carboxylic acid groups (broad SMARTS) is 1. The fourth-order valence-corrected chi connectivity index (χ4v) is 2.31. The Morgan fingerprint density at radius 3 is 2.62 bits per heavy atom. The van der Waals surface area contributed by atoms with E-state index in [4.69, 9.17) is 27.9 Å². The number of methoxy groups -OCH3 is 1. The first-order valence-electron chi connectivity index (χ1n) is 6.10. The van der Waals surface area contributed by atoms with Crippen LogP contribution in [0.15, 0.2) is 42.5 Å². The van der Waals surface area contributed by atoms with Crippen molar-refractivity contribution in [3.05, 3.63) is 58.1 Å². The van der Waals surface area contributed by atoms with E-state index in [-0.39, 0.29) is 5.02 Å². The summed E-state index contributed by atoms with van der Waals surface area (Å²) in [4.78, 5) is 11.5. The summed E-state index contributed by atoms with van der Waals surface area (Å²) in [5.41, 5.74) is 1.01. The van der Waals surface area contributed by atoms with Crippen molar-refractivity contribution in [3.8, 4) is 5.75 Å². The normalized spacial score (nSPS) is 11.8. The Morgan fingerprint density at radius 1 is 1.24 bits per heavy atom. The molecule has 2 N–H and O–H groups in total. The third kappa shape index (κ3) is 3.60. The second kappa shape index (κ2) is 6.70. The molecule has 0 fully saturated rings. The Balaban J connectivity index is 2.35. The predicted octanol–water partition coefficient (Wildman–Crippen LogP) is 4.24. The molecule has 1 atom stereocenters. The van der Waals surface area contributed by atoms with Crippen LogP contribution in [0.2, 0.25) is 10.0 Å². The average molecular weight is 326 g/mol. The van der Waals surface area contributed by atoms with Crippen molar-refractivity contribution in [3.63, 3.8) is 0 Å². The minimum atomic E-state index is -1.05. The van der Waals surface area contributed by atoms with Crippen molar-refractivity contribution in [2.24, 2.45) is 0 Å². The van der Waals surface area contributed by atoms with E-state index in [1.54, 1.807) is 49.6 Å². The van der Waals surface area contributed by atoms with Gasteiger partial charge in [-0.15, -0.1) is 0 Å². The zero-order chi connectivity index (χ0) is 15.4. The topological polar surface area (TPSA) is 58.6 Å². The summed E-state index contributed by atoms with van der Waals surface area (Å²) in [6.45, 7) is 0. The van der Waals surface area contributed by atoms with E-state index in [0.29, 0.717) is 22.0 Å². The molecule has 2 rings (SSSR count). The van der Waals surface area contributed by atoms with E-state index in [1.165, 1.54) is 0 Å². The van der Waals surface area contributed by atoms with Crippen LogP contribution in [0.3, 0.4) is 0 Å². The molecule has 0 aliphatic rings. The van der Waals surface area contributed by atoms with E-state index >= 15 is 0 Å². The zero-order valence-electron chi connectivity index (χ0n) is 11.1. The Kier molecular flexibility index (Phi) is 4.94. The number of nitrogens with one attached hydrogen (secondary N) is 1. The standard InChI is InChI=1S/C15H13Cl2NO3/c1-21-10-5-2-4-9(8-10)18-14(15(19)20)11-6-3-7-12(16)13(11)17/h2-8,14,18H,1H3,(H,19,20). The van der Waals surface area contributed by atoms with Gasteiger partial charge in [0.25, 0.3) is 0 Å². The molecular weight excluding hydrogens is 313 g/mol. The lowest BCUT2D eigenvalue weighted by Crippen LogP contribution is -2.21. The van der Waals surface area contributed by atoms with Gasteiger partial charge in [-0.2, -0.15) is 0 Å². The van der Waals surface area contributed by atoms with Gasteiger partial charge < -0.3 is 15.2 Å². The highest BCUT2D eigenvalue weighted by atomic mass is 35.5. The van der Waals surface area contributed by atoms with Gasteiger partial charge in [0.15, 0.2) is 6.04 Å². The first-order valence-corrected chi connectivity index (χ1v) is 6.86. The monoisotopic (exact) mass is 325 g/mol. The second-order valence-corrected chi connectivity index (χ2v) is 5.08. The lowest BCUT2D eigenvalue weighted by Gasteiger charge is -2.18. The summed E-state index contributed by atoms with van der Waals surface area (Å²) in [7, 11) is 1.54. The summed E-state index contributed by atoms with van der Waals surface area (Å²) in [6.07, 6.45) is 0. The molecule has 110 valence electrons. The quantitative estimate of drug-likeness (QED) is 0.863. The third-order valence-corrected chi connectivity index (χ3v) is 3.75. The van der Waals surface area contributed by atoms with Gasteiger partial charge >= 0.3 is 5.97 Å². The zero-order valence-corrected chi connectivity index (χ0v) is 12.7. The van der Waals surface area contributed by atoms with Crippen molar-refractivity contribution < 1.29 is 14.6 Å². The number of carbonyl (C=O) groups is 1. The van der Waals surface area contributed by atoms with Crippen molar-refractivity contribution >= 4 is 34.9 Å². The molecule has 2 aromatic rings. The van der Waals surface area contributed by atoms with E-state index in [1.807, 2.05) is 0 Å². The Bertz CT molecular complexity index is 661. The summed E-state index contributed by atoms with van der Waals surface area (Å²) >= 11 is 12.0. The average Bonchev–Trinajstić information content (AvgIpc) is 2.48. The molecule has 4 nitrogen and oxygen atoms in total. The molecule has 21 heavy (non-hydrogen) atoms. The minimum absolute atomic E-state index is 0.224. The van der Waals surface area contributed by atoms with E-state index in [0.717, 1.165) is 0 Å². The molecule has 0 spiro atoms. The third-order valence-electron chi connectivity index (χ3n) is 2.92. The minimum Gasteiger partial charge on any atom is -0.497 e. The van der Waals surface area contributed by atoms with E-state index in [9.17, 15) is 9.90 Å². The van der Waals surface area contributed by atoms with Crippen LogP contribution in [0.1, 0.15) is 11.6 Å². The number of rotatable bonds is 5. The van der Waals surface area contributed by atoms with Crippen LogP contribution in [0.25, 0.3) is 0 Å². The lowest BCUT2D eigenvalue weighted by atomic mass is 10.1. The number of halogens is 2. The summed E-state index contributed by atoms with van der Waals surface area (Å²) < 4.78 is 5.11. The maximum Gasteiger partial charge on any atom is 0.330 e. The van der Waals surface area contributed by atoms with Gasteiger partial charge in [0.05, 0.1) is 17.2 Å². The number of carboxylic acids is 1. The Morgan fingerprint density at radius 2 is 1.95 bits per heavy atom. The molecule has 0 saturated carbocycles. The van der Waals surface area contributed by atoms with Gasteiger partial charge in [-0.05, 0) is 18.2 Å². The lowest BCUT2D eigenvalue weighted by molar-refractivity contribution is -0.138. The van der Waals surface area contributed by atoms with Crippen LogP contribution < -0.4 is 10.1 Å². The van der Waals surface area contributed by atoms with Gasteiger partial charge in [-0.1, -0.05) is 41.4 Å². The number of anilines is 1. The summed E-state index contributed by atoms with van der Waals surface area (Å²) in [5.74, 6) is -0.427. The first-order chi connectivity index (χ1) is 10.0. The smallest absolute Gasteiger partial charge is 0.330 e. The largest absolute Gasteiger partial charge is 0.497 e. The molecule has 0 heterocycles. The molecule has 0 saturated heterocycles. The van der Waals surface area contributed by atoms with Crippen LogP contribution in [0.4, 0.5) is 5.69 Å². The maximum absolute atomic E-state index is 11.5. The Labute approximate surface area is 132 Å². The number of hydrogen-bond donors (Lipinski definition) is 2. The molecule has 2 aromatic carbocycles. The van der Waals surface area contributed by atoms with Gasteiger partial charge in [-0.25, -0.2) is 4.79 Å². The number of hydrogen-bond acceptors (Lipinski definition) is 3. The van der Waals surface area contributed by atoms with Crippen LogP contribution in [-0.2, 0) is 4.79 Å². The highest BCUT2D eigenvalue weighted by Crippen LogP contribution is 2.32. The van der Waals surface area contributed by atoms with Crippen molar-refractivity contribution in [2.75, 3.05) is 12.4 Å². The number of aliphatic carboxylic acids is 1. The van der Waals surface area contributed by atoms with E-state index < -0.39 is 12.0 Å². The summed E-state index contributed by atoms with van der Waals surface area (Å²) in [5, 5.41) is 12.9. The van der Waals surface area contributed by atoms with Gasteiger partial charge in [0.1, 0.15) is 5.75 Å².